The van der Waals surface area contributed by atoms with Crippen molar-refractivity contribution < 1.29 is 0 Å². The van der Waals surface area contributed by atoms with Gasteiger partial charge in [0.25, 0.3) is 0 Å². The Kier molecular flexibility index (Phi) is 3.33. The summed E-state index contributed by atoms with van der Waals surface area (Å²) in [6.07, 6.45) is 5.23. The van der Waals surface area contributed by atoms with Crippen molar-refractivity contribution in [1.29, 1.82) is 0 Å². The molecule has 0 amide bonds. The Bertz CT molecular complexity index is 317. The van der Waals surface area contributed by atoms with Crippen molar-refractivity contribution in [2.24, 2.45) is 7.05 Å². The number of nitrogen functional groups attached to an aromatic ring is 1. The van der Waals surface area contributed by atoms with E-state index in [9.17, 15) is 0 Å². The van der Waals surface area contributed by atoms with Gasteiger partial charge in [-0.3, -0.25) is 0 Å². The van der Waals surface area contributed by atoms with Gasteiger partial charge in [0.2, 0.25) is 0 Å². The van der Waals surface area contributed by atoms with Crippen LogP contribution in [0.3, 0.4) is 0 Å². The van der Waals surface area contributed by atoms with Crippen molar-refractivity contribution in [1.82, 2.24) is 9.55 Å². The molecule has 1 heterocycles. The van der Waals surface area contributed by atoms with Gasteiger partial charge < -0.3 is 10.3 Å². The maximum absolute atomic E-state index is 5.69. The summed E-state index contributed by atoms with van der Waals surface area (Å²) in [5.41, 5.74) is 8.16. The van der Waals surface area contributed by atoms with Gasteiger partial charge in [-0.2, -0.15) is 0 Å². The number of nitrogens with two attached hydrogens (primary N) is 1. The van der Waals surface area contributed by atoms with Crippen molar-refractivity contribution in [2.45, 2.75) is 33.1 Å². The highest BCUT2D eigenvalue weighted by molar-refractivity contribution is 5.28. The lowest BCUT2D eigenvalue weighted by Crippen LogP contribution is -1.98. The van der Waals surface area contributed by atoms with Crippen LogP contribution in [0.2, 0.25) is 0 Å². The van der Waals surface area contributed by atoms with Crippen LogP contribution in [0.1, 0.15) is 38.8 Å². The van der Waals surface area contributed by atoms with Crippen LogP contribution < -0.4 is 5.73 Å². The van der Waals surface area contributed by atoms with Crippen LogP contribution in [0, 0.1) is 0 Å². The van der Waals surface area contributed by atoms with Crippen molar-refractivity contribution >= 4 is 5.95 Å². The maximum atomic E-state index is 5.69. The zero-order valence-corrected chi connectivity index (χ0v) is 9.41. The molecule has 1 rings (SSSR count). The molecule has 1 aromatic rings. The van der Waals surface area contributed by atoms with E-state index in [2.05, 4.69) is 31.8 Å². The number of nitrogens with zero attached hydrogens (tertiary/aromatic N) is 2. The van der Waals surface area contributed by atoms with Gasteiger partial charge in [-0.05, 0) is 13.3 Å². The van der Waals surface area contributed by atoms with E-state index < -0.39 is 0 Å². The zero-order chi connectivity index (χ0) is 10.7. The van der Waals surface area contributed by atoms with Gasteiger partial charge in [-0.25, -0.2) is 4.98 Å². The SMILES string of the molecule is C/C=C(\CC)C(C)c1cn(C)c(N)n1. The van der Waals surface area contributed by atoms with Gasteiger partial charge in [0.15, 0.2) is 5.95 Å². The number of allylic oxidation sites excluding steroid dienone is 2. The van der Waals surface area contributed by atoms with Crippen LogP contribution >= 0.6 is 0 Å². The first-order chi connectivity index (χ1) is 6.60. The van der Waals surface area contributed by atoms with E-state index in [1.165, 1.54) is 5.57 Å². The summed E-state index contributed by atoms with van der Waals surface area (Å²) in [4.78, 5) is 4.33. The molecule has 1 aromatic heterocycles. The molecule has 78 valence electrons. The van der Waals surface area contributed by atoms with Crippen LogP contribution in [0.25, 0.3) is 0 Å². The fourth-order valence-electron chi connectivity index (χ4n) is 1.66. The Morgan fingerprint density at radius 3 is 2.71 bits per heavy atom. The molecule has 0 radical (unpaired) electrons. The predicted molar refractivity (Wildman–Crippen MR) is 60.1 cm³/mol. The van der Waals surface area contributed by atoms with Crippen LogP contribution in [-0.4, -0.2) is 9.55 Å². The summed E-state index contributed by atoms with van der Waals surface area (Å²) in [5, 5.41) is 0. The molecule has 0 aliphatic carbocycles. The van der Waals surface area contributed by atoms with E-state index in [0.717, 1.165) is 12.1 Å². The highest BCUT2D eigenvalue weighted by Gasteiger charge is 2.13. The summed E-state index contributed by atoms with van der Waals surface area (Å²) < 4.78 is 1.86. The third-order valence-electron chi connectivity index (χ3n) is 2.71. The zero-order valence-electron chi connectivity index (χ0n) is 9.41. The Labute approximate surface area is 85.6 Å². The average molecular weight is 193 g/mol. The molecular weight excluding hydrogens is 174 g/mol. The van der Waals surface area contributed by atoms with Crippen LogP contribution in [0.15, 0.2) is 17.8 Å². The molecule has 0 aromatic carbocycles. The summed E-state index contributed by atoms with van der Waals surface area (Å²) >= 11 is 0. The number of rotatable bonds is 3. The van der Waals surface area contributed by atoms with Crippen LogP contribution in [-0.2, 0) is 7.05 Å². The molecule has 0 spiro atoms. The first kappa shape index (κ1) is 10.8. The molecule has 14 heavy (non-hydrogen) atoms. The molecule has 0 aliphatic rings. The van der Waals surface area contributed by atoms with Gasteiger partial charge >= 0.3 is 0 Å². The smallest absolute Gasteiger partial charge is 0.200 e. The largest absolute Gasteiger partial charge is 0.369 e. The van der Waals surface area contributed by atoms with Gasteiger partial charge in [-0.15, -0.1) is 0 Å². The van der Waals surface area contributed by atoms with Gasteiger partial charge in [0, 0.05) is 19.2 Å². The molecule has 0 saturated heterocycles. The van der Waals surface area contributed by atoms with Gasteiger partial charge in [0.1, 0.15) is 0 Å². The predicted octanol–water partition coefficient (Wildman–Crippen LogP) is 2.46. The highest BCUT2D eigenvalue weighted by Crippen LogP contribution is 2.25. The molecule has 0 aliphatic heterocycles. The minimum atomic E-state index is 0.369. The topological polar surface area (TPSA) is 43.8 Å². The van der Waals surface area contributed by atoms with Gasteiger partial charge in [-0.1, -0.05) is 25.5 Å². The van der Waals surface area contributed by atoms with Crippen molar-refractivity contribution in [3.05, 3.63) is 23.5 Å². The van der Waals surface area contributed by atoms with Crippen LogP contribution in [0.5, 0.6) is 0 Å². The first-order valence-corrected chi connectivity index (χ1v) is 5.03. The van der Waals surface area contributed by atoms with E-state index in [1.54, 1.807) is 0 Å². The van der Waals surface area contributed by atoms with E-state index in [-0.39, 0.29) is 0 Å². The minimum absolute atomic E-state index is 0.369. The molecule has 1 unspecified atom stereocenters. The van der Waals surface area contributed by atoms with Crippen molar-refractivity contribution in [3.63, 3.8) is 0 Å². The van der Waals surface area contributed by atoms with E-state index in [4.69, 9.17) is 5.73 Å². The first-order valence-electron chi connectivity index (χ1n) is 5.03. The second-order valence-corrected chi connectivity index (χ2v) is 3.57. The fraction of sp³-hybridized carbons (Fsp3) is 0.545. The van der Waals surface area contributed by atoms with Gasteiger partial charge in [0.05, 0.1) is 5.69 Å². The maximum Gasteiger partial charge on any atom is 0.200 e. The molecule has 0 saturated carbocycles. The lowest BCUT2D eigenvalue weighted by molar-refractivity contribution is 0.808. The molecule has 0 fully saturated rings. The lowest BCUT2D eigenvalue weighted by atomic mass is 9.96. The average Bonchev–Trinajstić information content (AvgIpc) is 2.49. The Morgan fingerprint density at radius 2 is 2.36 bits per heavy atom. The monoisotopic (exact) mass is 193 g/mol. The molecule has 0 bridgehead atoms. The Balaban J connectivity index is 2.94. The molecule has 3 nitrogen and oxygen atoms in total. The quantitative estimate of drug-likeness (QED) is 0.749. The van der Waals surface area contributed by atoms with Crippen molar-refractivity contribution in [3.8, 4) is 0 Å². The fourth-order valence-corrected chi connectivity index (χ4v) is 1.66. The van der Waals surface area contributed by atoms with E-state index in [1.807, 2.05) is 17.8 Å². The molecule has 2 N–H and O–H groups in total. The third kappa shape index (κ3) is 1.97. The number of hydrogen-bond acceptors (Lipinski definition) is 2. The number of aromatic nitrogens is 2. The summed E-state index contributed by atoms with van der Waals surface area (Å²) in [5.74, 6) is 0.951. The second-order valence-electron chi connectivity index (χ2n) is 3.57. The molecule has 3 heteroatoms. The second kappa shape index (κ2) is 4.31. The standard InChI is InChI=1S/C11H19N3/c1-5-9(6-2)8(3)10-7-14(4)11(12)13-10/h5,7-8H,6H2,1-4H3,(H2,12,13)/b9-5+. The Morgan fingerprint density at radius 1 is 1.71 bits per heavy atom. The van der Waals surface area contributed by atoms with E-state index >= 15 is 0 Å². The summed E-state index contributed by atoms with van der Waals surface area (Å²) in [6, 6.07) is 0. The third-order valence-corrected chi connectivity index (χ3v) is 2.71. The normalized spacial score (nSPS) is 14.4. The van der Waals surface area contributed by atoms with Crippen molar-refractivity contribution in [2.75, 3.05) is 5.73 Å². The highest BCUT2D eigenvalue weighted by atomic mass is 15.1. The molecule has 1 atom stereocenters. The summed E-state index contributed by atoms with van der Waals surface area (Å²) in [6.45, 7) is 6.40. The number of anilines is 1. The van der Waals surface area contributed by atoms with E-state index in [0.29, 0.717) is 11.9 Å². The Hall–Kier alpha value is -1.25. The lowest BCUT2D eigenvalue weighted by Gasteiger charge is -2.10. The summed E-state index contributed by atoms with van der Waals surface area (Å²) in [7, 11) is 1.92. The number of aryl methyl sites for hydroxylation is 1. The van der Waals surface area contributed by atoms with Crippen LogP contribution in [0.4, 0.5) is 5.95 Å². The number of hydrogen-bond donors (Lipinski definition) is 1. The minimum Gasteiger partial charge on any atom is -0.369 e. The number of imidazole rings is 1. The molecular formula is C11H19N3.